The summed E-state index contributed by atoms with van der Waals surface area (Å²) in [5.74, 6) is -0.833. The average Bonchev–Trinajstić information content (AvgIpc) is 1.87. The molecule has 0 radical (unpaired) electrons. The van der Waals surface area contributed by atoms with Crippen LogP contribution in [0.3, 0.4) is 0 Å². The SMILES string of the molecule is CC(=O)O.Cc1ccccc1.N. The number of hydrogen-bond donors (Lipinski definition) is 2. The topological polar surface area (TPSA) is 72.3 Å². The summed E-state index contributed by atoms with van der Waals surface area (Å²) in [7, 11) is 0. The highest BCUT2D eigenvalue weighted by atomic mass is 16.4. The lowest BCUT2D eigenvalue weighted by atomic mass is 10.2. The molecular weight excluding hydrogens is 154 g/mol. The number of aryl methyl sites for hydroxylation is 1. The first-order valence-corrected chi connectivity index (χ1v) is 3.34. The minimum atomic E-state index is -0.833. The highest BCUT2D eigenvalue weighted by Gasteiger charge is 1.72. The number of carboxylic acids is 1. The Hall–Kier alpha value is -1.35. The molecule has 1 aromatic rings. The van der Waals surface area contributed by atoms with E-state index in [1.54, 1.807) is 0 Å². The first-order chi connectivity index (χ1) is 5.13. The van der Waals surface area contributed by atoms with Gasteiger partial charge in [0.1, 0.15) is 0 Å². The number of aliphatic carboxylic acids is 1. The number of rotatable bonds is 0. The summed E-state index contributed by atoms with van der Waals surface area (Å²) < 4.78 is 0. The van der Waals surface area contributed by atoms with Crippen molar-refractivity contribution in [1.29, 1.82) is 0 Å². The normalized spacial score (nSPS) is 7.17. The molecule has 3 heteroatoms. The minimum absolute atomic E-state index is 0. The van der Waals surface area contributed by atoms with Gasteiger partial charge in [0.05, 0.1) is 0 Å². The Labute approximate surface area is 72.6 Å². The maximum absolute atomic E-state index is 9.00. The monoisotopic (exact) mass is 169 g/mol. The van der Waals surface area contributed by atoms with E-state index in [1.165, 1.54) is 5.56 Å². The zero-order valence-electron chi connectivity index (χ0n) is 7.45. The van der Waals surface area contributed by atoms with Gasteiger partial charge in [0.25, 0.3) is 5.97 Å². The van der Waals surface area contributed by atoms with Gasteiger partial charge in [-0.15, -0.1) is 0 Å². The van der Waals surface area contributed by atoms with E-state index in [4.69, 9.17) is 9.90 Å². The molecule has 0 aliphatic carbocycles. The van der Waals surface area contributed by atoms with Crippen LogP contribution in [0.15, 0.2) is 30.3 Å². The lowest BCUT2D eigenvalue weighted by molar-refractivity contribution is -0.134. The molecule has 0 saturated heterocycles. The summed E-state index contributed by atoms with van der Waals surface area (Å²) in [5.41, 5.74) is 1.32. The summed E-state index contributed by atoms with van der Waals surface area (Å²) in [6.45, 7) is 3.17. The Morgan fingerprint density at radius 1 is 1.25 bits per heavy atom. The second kappa shape index (κ2) is 7.75. The maximum Gasteiger partial charge on any atom is 0.300 e. The Morgan fingerprint density at radius 3 is 1.75 bits per heavy atom. The Morgan fingerprint density at radius 2 is 1.58 bits per heavy atom. The summed E-state index contributed by atoms with van der Waals surface area (Å²) in [5, 5.41) is 7.42. The largest absolute Gasteiger partial charge is 0.481 e. The minimum Gasteiger partial charge on any atom is -0.481 e. The van der Waals surface area contributed by atoms with E-state index in [1.807, 2.05) is 18.2 Å². The molecule has 68 valence electrons. The van der Waals surface area contributed by atoms with Gasteiger partial charge in [0.15, 0.2) is 0 Å². The van der Waals surface area contributed by atoms with Crippen molar-refractivity contribution in [2.24, 2.45) is 0 Å². The van der Waals surface area contributed by atoms with Crippen LogP contribution >= 0.6 is 0 Å². The first-order valence-electron chi connectivity index (χ1n) is 3.34. The maximum atomic E-state index is 9.00. The molecule has 4 N–H and O–H groups in total. The molecule has 0 spiro atoms. The van der Waals surface area contributed by atoms with Crippen LogP contribution in [0, 0.1) is 6.92 Å². The highest BCUT2D eigenvalue weighted by molar-refractivity contribution is 5.62. The van der Waals surface area contributed by atoms with E-state index in [2.05, 4.69) is 19.1 Å². The predicted octanol–water partition coefficient (Wildman–Crippen LogP) is 2.25. The summed E-state index contributed by atoms with van der Waals surface area (Å²) >= 11 is 0. The van der Waals surface area contributed by atoms with Crippen LogP contribution in [-0.2, 0) is 4.79 Å². The van der Waals surface area contributed by atoms with Crippen LogP contribution in [0.5, 0.6) is 0 Å². The number of hydrogen-bond acceptors (Lipinski definition) is 2. The molecule has 0 unspecified atom stereocenters. The molecule has 0 atom stereocenters. The Kier molecular flexibility index (Phi) is 8.56. The summed E-state index contributed by atoms with van der Waals surface area (Å²) in [6, 6.07) is 10.3. The predicted molar refractivity (Wildman–Crippen MR) is 49.5 cm³/mol. The van der Waals surface area contributed by atoms with Gasteiger partial charge in [-0.3, -0.25) is 4.79 Å². The zero-order chi connectivity index (χ0) is 8.69. The second-order valence-electron chi connectivity index (χ2n) is 2.17. The van der Waals surface area contributed by atoms with Crippen LogP contribution in [0.1, 0.15) is 12.5 Å². The Balaban J connectivity index is 0. The van der Waals surface area contributed by atoms with Crippen molar-refractivity contribution in [2.45, 2.75) is 13.8 Å². The van der Waals surface area contributed by atoms with Gasteiger partial charge >= 0.3 is 0 Å². The van der Waals surface area contributed by atoms with E-state index >= 15 is 0 Å². The fourth-order valence-electron chi connectivity index (χ4n) is 0.534. The molecule has 1 rings (SSSR count). The molecule has 12 heavy (non-hydrogen) atoms. The van der Waals surface area contributed by atoms with Gasteiger partial charge < -0.3 is 11.3 Å². The van der Waals surface area contributed by atoms with E-state index in [0.29, 0.717) is 0 Å². The third-order valence-electron chi connectivity index (χ3n) is 0.940. The molecule has 0 aromatic heterocycles. The molecule has 0 heterocycles. The summed E-state index contributed by atoms with van der Waals surface area (Å²) in [4.78, 5) is 9.00. The third-order valence-corrected chi connectivity index (χ3v) is 0.940. The fourth-order valence-corrected chi connectivity index (χ4v) is 0.534. The smallest absolute Gasteiger partial charge is 0.300 e. The fraction of sp³-hybridized carbons (Fsp3) is 0.222. The van der Waals surface area contributed by atoms with E-state index < -0.39 is 5.97 Å². The molecule has 0 bridgehead atoms. The van der Waals surface area contributed by atoms with Gasteiger partial charge in [-0.05, 0) is 6.92 Å². The van der Waals surface area contributed by atoms with Crippen molar-refractivity contribution in [3.05, 3.63) is 35.9 Å². The molecule has 0 amide bonds. The lowest BCUT2D eigenvalue weighted by Crippen LogP contribution is -1.78. The average molecular weight is 169 g/mol. The number of carboxylic acid groups (broad SMARTS) is 1. The number of carbonyl (C=O) groups is 1. The van der Waals surface area contributed by atoms with Gasteiger partial charge in [0, 0.05) is 6.92 Å². The molecule has 1 aromatic carbocycles. The molecule has 0 saturated carbocycles. The van der Waals surface area contributed by atoms with Crippen molar-refractivity contribution in [3.63, 3.8) is 0 Å². The first kappa shape index (κ1) is 13.3. The molecule has 0 fully saturated rings. The quantitative estimate of drug-likeness (QED) is 0.625. The lowest BCUT2D eigenvalue weighted by Gasteiger charge is -1.82. The second-order valence-corrected chi connectivity index (χ2v) is 2.17. The van der Waals surface area contributed by atoms with Gasteiger partial charge in [-0.1, -0.05) is 35.9 Å². The zero-order valence-corrected chi connectivity index (χ0v) is 7.45. The van der Waals surface area contributed by atoms with Crippen LogP contribution < -0.4 is 6.15 Å². The van der Waals surface area contributed by atoms with Gasteiger partial charge in [0.2, 0.25) is 0 Å². The van der Waals surface area contributed by atoms with Crippen LogP contribution in [-0.4, -0.2) is 11.1 Å². The molecule has 0 aliphatic rings. The Bertz CT molecular complexity index is 205. The van der Waals surface area contributed by atoms with Crippen molar-refractivity contribution < 1.29 is 9.90 Å². The van der Waals surface area contributed by atoms with Gasteiger partial charge in [-0.2, -0.15) is 0 Å². The summed E-state index contributed by atoms with van der Waals surface area (Å²) in [6.07, 6.45) is 0. The van der Waals surface area contributed by atoms with Crippen LogP contribution in [0.4, 0.5) is 0 Å². The molecule has 3 nitrogen and oxygen atoms in total. The van der Waals surface area contributed by atoms with Crippen molar-refractivity contribution >= 4 is 5.97 Å². The van der Waals surface area contributed by atoms with Gasteiger partial charge in [-0.25, -0.2) is 0 Å². The van der Waals surface area contributed by atoms with E-state index in [0.717, 1.165) is 6.92 Å². The number of benzene rings is 1. The highest BCUT2D eigenvalue weighted by Crippen LogP contribution is 1.92. The van der Waals surface area contributed by atoms with Crippen LogP contribution in [0.2, 0.25) is 0 Å². The van der Waals surface area contributed by atoms with E-state index in [-0.39, 0.29) is 6.15 Å². The van der Waals surface area contributed by atoms with Crippen molar-refractivity contribution in [3.8, 4) is 0 Å². The molecular formula is C9H15NO2. The van der Waals surface area contributed by atoms with Crippen molar-refractivity contribution in [2.75, 3.05) is 0 Å². The van der Waals surface area contributed by atoms with E-state index in [9.17, 15) is 0 Å². The molecule has 0 aliphatic heterocycles. The third kappa shape index (κ3) is 11.4. The standard InChI is InChI=1S/C7H8.C2H4O2.H3N/c1-7-5-3-2-4-6-7;1-2(3)4;/h2-6H,1H3;1H3,(H,3,4);1H3. The van der Waals surface area contributed by atoms with Crippen LogP contribution in [0.25, 0.3) is 0 Å². The van der Waals surface area contributed by atoms with Crippen molar-refractivity contribution in [1.82, 2.24) is 6.15 Å².